The number of carbonyl (C=O) groups is 3. The van der Waals surface area contributed by atoms with Crippen LogP contribution >= 0.6 is 0 Å². The first-order chi connectivity index (χ1) is 13.1. The first-order valence-corrected chi connectivity index (χ1v) is 9.90. The smallest absolute Gasteiger partial charge is 0.290 e. The lowest BCUT2D eigenvalue weighted by atomic mass is 10.1. The lowest BCUT2D eigenvalue weighted by molar-refractivity contribution is -0.119. The van der Waals surface area contributed by atoms with Crippen LogP contribution in [0.3, 0.4) is 0 Å². The molecule has 27 heavy (non-hydrogen) atoms. The van der Waals surface area contributed by atoms with Crippen molar-refractivity contribution in [1.29, 1.82) is 0 Å². The van der Waals surface area contributed by atoms with Gasteiger partial charge in [-0.2, -0.15) is 0 Å². The van der Waals surface area contributed by atoms with E-state index >= 15 is 0 Å². The van der Waals surface area contributed by atoms with Crippen LogP contribution < -0.4 is 0 Å². The molecule has 0 atom stereocenters. The minimum atomic E-state index is -0.140. The molecule has 0 N–H and O–H groups in total. The monoisotopic (exact) mass is 375 g/mol. The molecule has 0 bridgehead atoms. The van der Waals surface area contributed by atoms with Crippen LogP contribution in [0.25, 0.3) is 0 Å². The van der Waals surface area contributed by atoms with Gasteiger partial charge >= 0.3 is 0 Å². The Morgan fingerprint density at radius 1 is 1.15 bits per heavy atom. The number of piperazine rings is 1. The van der Waals surface area contributed by atoms with Crippen LogP contribution in [0.4, 0.5) is 0 Å². The minimum absolute atomic E-state index is 0.0982. The quantitative estimate of drug-likeness (QED) is 0.695. The van der Waals surface area contributed by atoms with Crippen molar-refractivity contribution in [2.75, 3.05) is 39.8 Å². The Kier molecular flexibility index (Phi) is 6.13. The summed E-state index contributed by atoms with van der Waals surface area (Å²) in [4.78, 5) is 46.5. The third-order valence-electron chi connectivity index (χ3n) is 5.46. The Morgan fingerprint density at radius 2 is 1.89 bits per heavy atom. The highest BCUT2D eigenvalue weighted by Crippen LogP contribution is 2.23. The summed E-state index contributed by atoms with van der Waals surface area (Å²) in [5, 5.41) is 0. The van der Waals surface area contributed by atoms with Crippen LogP contribution in [-0.2, 0) is 17.8 Å². The Hall–Kier alpha value is -2.38. The van der Waals surface area contributed by atoms with Crippen molar-refractivity contribution < 1.29 is 14.4 Å². The summed E-state index contributed by atoms with van der Waals surface area (Å²) in [5.74, 6) is 0.134. The number of aromatic nitrogens is 2. The van der Waals surface area contributed by atoms with E-state index in [1.54, 1.807) is 21.7 Å². The molecule has 8 nitrogen and oxygen atoms in total. The summed E-state index contributed by atoms with van der Waals surface area (Å²) in [5.41, 5.74) is 1.33. The minimum Gasteiger partial charge on any atom is -0.342 e. The summed E-state index contributed by atoms with van der Waals surface area (Å²) in [6.07, 6.45) is 5.57. The molecule has 8 heteroatoms. The predicted octanol–water partition coefficient (Wildman–Crippen LogP) is 1.01. The molecule has 0 aliphatic carbocycles. The summed E-state index contributed by atoms with van der Waals surface area (Å²) in [7, 11) is 1.80. The lowest BCUT2D eigenvalue weighted by Gasteiger charge is -2.32. The van der Waals surface area contributed by atoms with Gasteiger partial charge in [-0.05, 0) is 25.7 Å². The second-order valence-electron chi connectivity index (χ2n) is 7.35. The van der Waals surface area contributed by atoms with Gasteiger partial charge in [0.1, 0.15) is 5.69 Å². The molecule has 1 fully saturated rings. The molecule has 148 valence electrons. The van der Waals surface area contributed by atoms with Crippen LogP contribution in [0.15, 0.2) is 0 Å². The van der Waals surface area contributed by atoms with E-state index in [4.69, 9.17) is 0 Å². The number of fused-ring (bicyclic) bond motifs is 1. The van der Waals surface area contributed by atoms with Crippen molar-refractivity contribution in [2.45, 2.75) is 45.6 Å². The zero-order valence-corrected chi connectivity index (χ0v) is 16.3. The number of rotatable bonds is 6. The van der Waals surface area contributed by atoms with Crippen LogP contribution in [0.1, 0.15) is 59.4 Å². The number of unbranched alkanes of at least 4 members (excludes halogenated alkanes) is 1. The van der Waals surface area contributed by atoms with Crippen LogP contribution in [0, 0.1) is 0 Å². The molecule has 1 aromatic heterocycles. The van der Waals surface area contributed by atoms with Gasteiger partial charge in [-0.1, -0.05) is 13.3 Å². The Bertz CT molecular complexity index is 706. The van der Waals surface area contributed by atoms with Crippen LogP contribution in [-0.4, -0.2) is 82.2 Å². The topological polar surface area (TPSA) is 78.8 Å². The molecule has 2 aliphatic heterocycles. The Morgan fingerprint density at radius 3 is 2.56 bits per heavy atom. The van der Waals surface area contributed by atoms with E-state index in [0.29, 0.717) is 44.2 Å². The van der Waals surface area contributed by atoms with E-state index in [9.17, 15) is 14.4 Å². The van der Waals surface area contributed by atoms with Crippen molar-refractivity contribution in [3.8, 4) is 0 Å². The first-order valence-electron chi connectivity index (χ1n) is 9.90. The molecule has 2 aliphatic rings. The number of amides is 3. The maximum atomic E-state index is 13.1. The van der Waals surface area contributed by atoms with Gasteiger partial charge in [0.15, 0.2) is 5.82 Å². The van der Waals surface area contributed by atoms with Crippen molar-refractivity contribution in [1.82, 2.24) is 24.3 Å². The van der Waals surface area contributed by atoms with E-state index in [0.717, 1.165) is 50.8 Å². The Labute approximate surface area is 160 Å². The van der Waals surface area contributed by atoms with E-state index in [-0.39, 0.29) is 11.8 Å². The van der Waals surface area contributed by atoms with E-state index < -0.39 is 0 Å². The molecule has 1 saturated heterocycles. The average molecular weight is 375 g/mol. The van der Waals surface area contributed by atoms with Crippen LogP contribution in [0.2, 0.25) is 0 Å². The maximum Gasteiger partial charge on any atom is 0.290 e. The number of carbonyl (C=O) groups excluding carboxylic acids is 3. The zero-order chi connectivity index (χ0) is 19.4. The highest BCUT2D eigenvalue weighted by molar-refractivity contribution is 5.97. The van der Waals surface area contributed by atoms with E-state index in [1.165, 1.54) is 0 Å². The van der Waals surface area contributed by atoms with Crippen molar-refractivity contribution in [3.63, 3.8) is 0 Å². The fourth-order valence-electron chi connectivity index (χ4n) is 3.73. The second kappa shape index (κ2) is 8.54. The summed E-state index contributed by atoms with van der Waals surface area (Å²) in [6.45, 7) is 5.59. The van der Waals surface area contributed by atoms with Crippen molar-refractivity contribution >= 4 is 18.2 Å². The molecule has 3 heterocycles. The number of hydrogen-bond acceptors (Lipinski definition) is 4. The molecule has 0 unspecified atom stereocenters. The van der Waals surface area contributed by atoms with Gasteiger partial charge < -0.3 is 19.3 Å². The Balaban J connectivity index is 1.84. The molecule has 0 radical (unpaired) electrons. The first kappa shape index (κ1) is 19.4. The van der Waals surface area contributed by atoms with Gasteiger partial charge in [0, 0.05) is 46.3 Å². The molecule has 3 rings (SSSR count). The molecular weight excluding hydrogens is 346 g/mol. The molecule has 0 aromatic carbocycles. The molecular formula is C19H29N5O3. The standard InChI is InChI=1S/C19H29N5O3/c1-3-4-8-21(2)18(26)16-15-7-5-6-9-24(15)17(20-16)19(27)23-12-10-22(14-25)11-13-23/h14H,3-13H2,1-2H3. The van der Waals surface area contributed by atoms with E-state index in [1.807, 2.05) is 4.57 Å². The second-order valence-corrected chi connectivity index (χ2v) is 7.35. The van der Waals surface area contributed by atoms with Gasteiger partial charge in [0.25, 0.3) is 11.8 Å². The molecule has 1 aromatic rings. The van der Waals surface area contributed by atoms with Gasteiger partial charge in [-0.15, -0.1) is 0 Å². The molecule has 0 saturated carbocycles. The molecule has 3 amide bonds. The predicted molar refractivity (Wildman–Crippen MR) is 101 cm³/mol. The van der Waals surface area contributed by atoms with Gasteiger partial charge in [-0.3, -0.25) is 14.4 Å². The number of imidazole rings is 1. The normalized spacial score (nSPS) is 16.8. The summed E-state index contributed by atoms with van der Waals surface area (Å²) < 4.78 is 1.94. The number of nitrogens with zero attached hydrogens (tertiary/aromatic N) is 5. The third kappa shape index (κ3) is 3.99. The van der Waals surface area contributed by atoms with Gasteiger partial charge in [-0.25, -0.2) is 4.98 Å². The zero-order valence-electron chi connectivity index (χ0n) is 16.3. The van der Waals surface area contributed by atoms with Crippen molar-refractivity contribution in [3.05, 3.63) is 17.2 Å². The van der Waals surface area contributed by atoms with E-state index in [2.05, 4.69) is 11.9 Å². The molecule has 0 spiro atoms. The van der Waals surface area contributed by atoms with Crippen LogP contribution in [0.5, 0.6) is 0 Å². The number of hydrogen-bond donors (Lipinski definition) is 0. The third-order valence-corrected chi connectivity index (χ3v) is 5.46. The van der Waals surface area contributed by atoms with Gasteiger partial charge in [0.2, 0.25) is 6.41 Å². The largest absolute Gasteiger partial charge is 0.342 e. The summed E-state index contributed by atoms with van der Waals surface area (Å²) >= 11 is 0. The fraction of sp³-hybridized carbons (Fsp3) is 0.684. The summed E-state index contributed by atoms with van der Waals surface area (Å²) in [6, 6.07) is 0. The highest BCUT2D eigenvalue weighted by atomic mass is 16.2. The average Bonchev–Trinajstić information content (AvgIpc) is 3.10. The van der Waals surface area contributed by atoms with Gasteiger partial charge in [0.05, 0.1) is 5.69 Å². The highest BCUT2D eigenvalue weighted by Gasteiger charge is 2.31. The SMILES string of the molecule is CCCCN(C)C(=O)c1nc(C(=O)N2CCN(C=O)CC2)n2c1CCCC2. The fourth-order valence-corrected chi connectivity index (χ4v) is 3.73. The van der Waals surface area contributed by atoms with Crippen molar-refractivity contribution in [2.24, 2.45) is 0 Å². The lowest BCUT2D eigenvalue weighted by Crippen LogP contribution is -2.48. The maximum absolute atomic E-state index is 13.1.